The summed E-state index contributed by atoms with van der Waals surface area (Å²) in [7, 11) is 1.25. The summed E-state index contributed by atoms with van der Waals surface area (Å²) in [5.74, 6) is -1.65. The number of aryl methyl sites for hydroxylation is 1. The van der Waals surface area contributed by atoms with Crippen LogP contribution >= 0.6 is 15.9 Å². The predicted octanol–water partition coefficient (Wildman–Crippen LogP) is 2.24. The number of esters is 1. The number of rotatable bonds is 2. The van der Waals surface area contributed by atoms with Crippen LogP contribution in [0.15, 0.2) is 16.6 Å². The number of carbonyl (C=O) groups excluding carboxylic acids is 1. The van der Waals surface area contributed by atoms with Crippen LogP contribution in [0.3, 0.4) is 0 Å². The molecule has 15 heavy (non-hydrogen) atoms. The molecule has 0 unspecified atom stereocenters. The summed E-state index contributed by atoms with van der Waals surface area (Å²) in [6.45, 7) is 1.71. The number of carbonyl (C=O) groups is 2. The van der Waals surface area contributed by atoms with Crippen LogP contribution in [0.4, 0.5) is 0 Å². The van der Waals surface area contributed by atoms with Gasteiger partial charge in [0.05, 0.1) is 18.2 Å². The van der Waals surface area contributed by atoms with Gasteiger partial charge < -0.3 is 9.84 Å². The fraction of sp³-hybridized carbons (Fsp3) is 0.200. The average Bonchev–Trinajstić information content (AvgIpc) is 2.19. The van der Waals surface area contributed by atoms with Crippen molar-refractivity contribution in [3.8, 4) is 0 Å². The number of benzene rings is 1. The Morgan fingerprint density at radius 1 is 1.33 bits per heavy atom. The van der Waals surface area contributed by atoms with Crippen molar-refractivity contribution in [2.45, 2.75) is 6.92 Å². The Kier molecular flexibility index (Phi) is 3.47. The molecule has 0 radical (unpaired) electrons. The van der Waals surface area contributed by atoms with Crippen LogP contribution in [-0.4, -0.2) is 24.2 Å². The maximum atomic E-state index is 11.3. The Morgan fingerprint density at radius 2 is 1.87 bits per heavy atom. The molecule has 0 aliphatic carbocycles. The van der Waals surface area contributed by atoms with Gasteiger partial charge in [-0.25, -0.2) is 9.59 Å². The van der Waals surface area contributed by atoms with Gasteiger partial charge in [0, 0.05) is 4.47 Å². The van der Waals surface area contributed by atoms with Crippen LogP contribution in [-0.2, 0) is 4.74 Å². The van der Waals surface area contributed by atoms with Crippen molar-refractivity contribution >= 4 is 27.9 Å². The first-order valence-electron chi connectivity index (χ1n) is 4.09. The number of ether oxygens (including phenoxy) is 1. The van der Waals surface area contributed by atoms with Crippen LogP contribution in [0.2, 0.25) is 0 Å². The van der Waals surface area contributed by atoms with Crippen molar-refractivity contribution in [2.75, 3.05) is 7.11 Å². The fourth-order valence-corrected chi connectivity index (χ4v) is 1.74. The van der Waals surface area contributed by atoms with Crippen molar-refractivity contribution in [3.05, 3.63) is 33.3 Å². The lowest BCUT2D eigenvalue weighted by Crippen LogP contribution is -2.07. The Labute approximate surface area is 95.0 Å². The third-order valence-corrected chi connectivity index (χ3v) is 2.71. The van der Waals surface area contributed by atoms with E-state index >= 15 is 0 Å². The van der Waals surface area contributed by atoms with Gasteiger partial charge in [-0.3, -0.25) is 0 Å². The summed E-state index contributed by atoms with van der Waals surface area (Å²) in [6.07, 6.45) is 0. The Bertz CT molecular complexity index is 426. The molecule has 4 nitrogen and oxygen atoms in total. The molecule has 0 fully saturated rings. The van der Waals surface area contributed by atoms with Crippen LogP contribution in [0.1, 0.15) is 26.3 Å². The van der Waals surface area contributed by atoms with Crippen molar-refractivity contribution < 1.29 is 19.4 Å². The molecule has 0 bridgehead atoms. The SMILES string of the molecule is COC(=O)c1cc(C)cc(C(=O)O)c1Br. The van der Waals surface area contributed by atoms with Gasteiger partial charge in [0.15, 0.2) is 0 Å². The summed E-state index contributed by atoms with van der Waals surface area (Å²) in [4.78, 5) is 22.2. The van der Waals surface area contributed by atoms with Gasteiger partial charge in [0.25, 0.3) is 0 Å². The van der Waals surface area contributed by atoms with E-state index in [4.69, 9.17) is 5.11 Å². The lowest BCUT2D eigenvalue weighted by Gasteiger charge is -2.07. The Balaban J connectivity index is 3.41. The summed E-state index contributed by atoms with van der Waals surface area (Å²) in [6, 6.07) is 3.06. The minimum absolute atomic E-state index is 0.0513. The third-order valence-electron chi connectivity index (χ3n) is 1.85. The average molecular weight is 273 g/mol. The van der Waals surface area contributed by atoms with Crippen molar-refractivity contribution in [2.24, 2.45) is 0 Å². The summed E-state index contributed by atoms with van der Waals surface area (Å²) in [5.41, 5.74) is 0.960. The van der Waals surface area contributed by atoms with Crippen molar-refractivity contribution in [1.29, 1.82) is 0 Å². The summed E-state index contributed by atoms with van der Waals surface area (Å²) in [5, 5.41) is 8.89. The van der Waals surface area contributed by atoms with Gasteiger partial charge >= 0.3 is 11.9 Å². The topological polar surface area (TPSA) is 63.6 Å². The number of carboxylic acid groups (broad SMARTS) is 1. The first kappa shape index (κ1) is 11.7. The summed E-state index contributed by atoms with van der Waals surface area (Å²) >= 11 is 3.08. The number of hydrogen-bond donors (Lipinski definition) is 1. The molecule has 0 spiro atoms. The van der Waals surface area contributed by atoms with Crippen LogP contribution in [0, 0.1) is 6.92 Å². The highest BCUT2D eigenvalue weighted by Crippen LogP contribution is 2.24. The molecule has 1 aromatic carbocycles. The monoisotopic (exact) mass is 272 g/mol. The van der Waals surface area contributed by atoms with Crippen LogP contribution in [0.25, 0.3) is 0 Å². The number of methoxy groups -OCH3 is 1. The maximum absolute atomic E-state index is 11.3. The molecule has 0 saturated carbocycles. The van der Waals surface area contributed by atoms with Gasteiger partial charge in [-0.15, -0.1) is 0 Å². The zero-order chi connectivity index (χ0) is 11.6. The zero-order valence-electron chi connectivity index (χ0n) is 8.20. The lowest BCUT2D eigenvalue weighted by molar-refractivity contribution is 0.0599. The number of carboxylic acids is 1. The first-order valence-corrected chi connectivity index (χ1v) is 4.88. The maximum Gasteiger partial charge on any atom is 0.339 e. The lowest BCUT2D eigenvalue weighted by atomic mass is 10.1. The number of halogens is 1. The van der Waals surface area contributed by atoms with Crippen LogP contribution < -0.4 is 0 Å². The minimum atomic E-state index is -1.09. The van der Waals surface area contributed by atoms with Gasteiger partial charge in [0.2, 0.25) is 0 Å². The molecule has 1 rings (SSSR count). The van der Waals surface area contributed by atoms with Gasteiger partial charge in [-0.1, -0.05) is 0 Å². The van der Waals surface area contributed by atoms with E-state index in [0.29, 0.717) is 5.56 Å². The van der Waals surface area contributed by atoms with E-state index in [1.165, 1.54) is 13.2 Å². The number of aromatic carboxylic acids is 1. The number of hydrogen-bond acceptors (Lipinski definition) is 3. The molecule has 0 aliphatic rings. The minimum Gasteiger partial charge on any atom is -0.478 e. The van der Waals surface area contributed by atoms with Crippen molar-refractivity contribution in [1.82, 2.24) is 0 Å². The second kappa shape index (κ2) is 4.44. The highest BCUT2D eigenvalue weighted by Gasteiger charge is 2.18. The van der Waals surface area contributed by atoms with E-state index in [0.717, 1.165) is 0 Å². The Hall–Kier alpha value is -1.36. The van der Waals surface area contributed by atoms with E-state index in [2.05, 4.69) is 20.7 Å². The predicted molar refractivity (Wildman–Crippen MR) is 57.2 cm³/mol. The molecule has 1 N–H and O–H groups in total. The van der Waals surface area contributed by atoms with Crippen molar-refractivity contribution in [3.63, 3.8) is 0 Å². The third kappa shape index (κ3) is 2.36. The largest absolute Gasteiger partial charge is 0.478 e. The van der Waals surface area contributed by atoms with E-state index in [1.807, 2.05) is 0 Å². The van der Waals surface area contributed by atoms with Gasteiger partial charge in [-0.05, 0) is 40.5 Å². The summed E-state index contributed by atoms with van der Waals surface area (Å²) < 4.78 is 4.79. The van der Waals surface area contributed by atoms with E-state index < -0.39 is 11.9 Å². The first-order chi connectivity index (χ1) is 6.97. The molecule has 0 atom stereocenters. The molecule has 0 aromatic heterocycles. The van der Waals surface area contributed by atoms with Crippen LogP contribution in [0.5, 0.6) is 0 Å². The second-order valence-corrected chi connectivity index (χ2v) is 3.76. The van der Waals surface area contributed by atoms with E-state index in [1.54, 1.807) is 13.0 Å². The standard InChI is InChI=1S/C10H9BrO4/c1-5-3-6(9(12)13)8(11)7(4-5)10(14)15-2/h3-4H,1-2H3,(H,12,13). The molecular formula is C10H9BrO4. The molecule has 0 amide bonds. The molecule has 0 heterocycles. The fourth-order valence-electron chi connectivity index (χ4n) is 1.18. The molecule has 80 valence electrons. The van der Waals surface area contributed by atoms with Gasteiger partial charge in [-0.2, -0.15) is 0 Å². The van der Waals surface area contributed by atoms with E-state index in [-0.39, 0.29) is 15.6 Å². The van der Waals surface area contributed by atoms with Gasteiger partial charge in [0.1, 0.15) is 0 Å². The van der Waals surface area contributed by atoms with E-state index in [9.17, 15) is 9.59 Å². The highest BCUT2D eigenvalue weighted by molar-refractivity contribution is 9.10. The second-order valence-electron chi connectivity index (χ2n) is 2.97. The normalized spacial score (nSPS) is 9.80. The molecule has 1 aromatic rings. The molecule has 5 heteroatoms. The smallest absolute Gasteiger partial charge is 0.339 e. The molecular weight excluding hydrogens is 264 g/mol. The quantitative estimate of drug-likeness (QED) is 0.839. The molecule has 0 saturated heterocycles. The Morgan fingerprint density at radius 3 is 2.33 bits per heavy atom. The highest BCUT2D eigenvalue weighted by atomic mass is 79.9. The molecule has 0 aliphatic heterocycles. The zero-order valence-corrected chi connectivity index (χ0v) is 9.79.